The number of methoxy groups -OCH3 is 1. The van der Waals surface area contributed by atoms with Crippen molar-refractivity contribution in [3.05, 3.63) is 29.8 Å². The average Bonchev–Trinajstić information content (AvgIpc) is 2.56. The number of ether oxygens (including phenoxy) is 2. The summed E-state index contributed by atoms with van der Waals surface area (Å²) in [6.07, 6.45) is 0. The van der Waals surface area contributed by atoms with Crippen LogP contribution < -0.4 is 15.4 Å². The quantitative estimate of drug-likeness (QED) is 0.252. The van der Waals surface area contributed by atoms with Gasteiger partial charge in [-0.3, -0.25) is 9.79 Å². The maximum Gasteiger partial charge on any atom is 0.240 e. The molecule has 0 saturated heterocycles. The van der Waals surface area contributed by atoms with Crippen LogP contribution in [-0.2, 0) is 16.1 Å². The number of guanidine groups is 1. The Balaban J connectivity index is 0.00000676. The molecular formula is C19H33IN4O3. The lowest BCUT2D eigenvalue weighted by Crippen LogP contribution is -2.49. The van der Waals surface area contributed by atoms with Crippen LogP contribution >= 0.6 is 24.0 Å². The van der Waals surface area contributed by atoms with Gasteiger partial charge < -0.3 is 25.0 Å². The van der Waals surface area contributed by atoms with Gasteiger partial charge >= 0.3 is 0 Å². The summed E-state index contributed by atoms with van der Waals surface area (Å²) in [4.78, 5) is 18.0. The SMILES string of the molecule is CN=C(NCCOCc1ccccc1OC)N(C)CC(=O)NC(C)(C)C.I. The van der Waals surface area contributed by atoms with Crippen LogP contribution in [0.2, 0.25) is 0 Å². The van der Waals surface area contributed by atoms with E-state index in [0.717, 1.165) is 11.3 Å². The lowest BCUT2D eigenvalue weighted by Gasteiger charge is -2.25. The van der Waals surface area contributed by atoms with E-state index < -0.39 is 0 Å². The van der Waals surface area contributed by atoms with Crippen molar-refractivity contribution in [1.82, 2.24) is 15.5 Å². The number of rotatable bonds is 8. The fourth-order valence-electron chi connectivity index (χ4n) is 2.37. The Morgan fingerprint density at radius 1 is 1.26 bits per heavy atom. The van der Waals surface area contributed by atoms with Gasteiger partial charge in [-0.25, -0.2) is 0 Å². The minimum atomic E-state index is -0.249. The molecule has 0 aliphatic carbocycles. The molecule has 0 unspecified atom stereocenters. The molecule has 0 saturated carbocycles. The molecule has 0 aliphatic rings. The number of hydrogen-bond donors (Lipinski definition) is 2. The molecule has 8 heteroatoms. The number of carbonyl (C=O) groups excluding carboxylic acids is 1. The Hall–Kier alpha value is -1.55. The summed E-state index contributed by atoms with van der Waals surface area (Å²) in [5, 5.41) is 6.13. The summed E-state index contributed by atoms with van der Waals surface area (Å²) in [6, 6.07) is 7.78. The Morgan fingerprint density at radius 3 is 2.52 bits per heavy atom. The van der Waals surface area contributed by atoms with Gasteiger partial charge in [-0.2, -0.15) is 0 Å². The van der Waals surface area contributed by atoms with Gasteiger partial charge in [-0.15, -0.1) is 24.0 Å². The first-order chi connectivity index (χ1) is 12.3. The van der Waals surface area contributed by atoms with Crippen molar-refractivity contribution >= 4 is 35.8 Å². The monoisotopic (exact) mass is 492 g/mol. The van der Waals surface area contributed by atoms with Gasteiger partial charge in [0.2, 0.25) is 5.91 Å². The van der Waals surface area contributed by atoms with Crippen LogP contribution in [0.25, 0.3) is 0 Å². The molecule has 2 N–H and O–H groups in total. The predicted molar refractivity (Wildman–Crippen MR) is 120 cm³/mol. The topological polar surface area (TPSA) is 75.2 Å². The molecule has 0 bridgehead atoms. The summed E-state index contributed by atoms with van der Waals surface area (Å²) in [5.41, 5.74) is 0.761. The summed E-state index contributed by atoms with van der Waals surface area (Å²) in [6.45, 7) is 7.68. The number of hydrogen-bond acceptors (Lipinski definition) is 4. The molecule has 27 heavy (non-hydrogen) atoms. The first-order valence-electron chi connectivity index (χ1n) is 8.69. The number of para-hydroxylation sites is 1. The molecule has 1 rings (SSSR count). The number of amides is 1. The van der Waals surface area contributed by atoms with E-state index in [9.17, 15) is 4.79 Å². The van der Waals surface area contributed by atoms with Crippen molar-refractivity contribution < 1.29 is 14.3 Å². The normalized spacial score (nSPS) is 11.4. The molecule has 0 spiro atoms. The lowest BCUT2D eigenvalue weighted by atomic mass is 10.1. The Kier molecular flexibility index (Phi) is 12.0. The molecule has 0 atom stereocenters. The standard InChI is InChI=1S/C19H32N4O3.HI/c1-19(2,3)22-17(24)13-23(5)18(20-4)21-11-12-26-14-15-9-7-8-10-16(15)25-6;/h7-10H,11-14H2,1-6H3,(H,20,21)(H,22,24);1H. The summed E-state index contributed by atoms with van der Waals surface area (Å²) in [7, 11) is 5.17. The third kappa shape index (κ3) is 10.4. The zero-order valence-electron chi connectivity index (χ0n) is 17.2. The maximum atomic E-state index is 12.0. The second-order valence-corrected chi connectivity index (χ2v) is 6.99. The number of carbonyl (C=O) groups is 1. The van der Waals surface area contributed by atoms with Gasteiger partial charge in [0.1, 0.15) is 5.75 Å². The van der Waals surface area contributed by atoms with Gasteiger partial charge in [0.05, 0.1) is 26.9 Å². The van der Waals surface area contributed by atoms with Gasteiger partial charge in [-0.1, -0.05) is 18.2 Å². The molecule has 0 heterocycles. The van der Waals surface area contributed by atoms with E-state index in [1.165, 1.54) is 0 Å². The van der Waals surface area contributed by atoms with Gasteiger partial charge in [0.15, 0.2) is 5.96 Å². The first kappa shape index (κ1) is 25.4. The second-order valence-electron chi connectivity index (χ2n) is 6.99. The van der Waals surface area contributed by atoms with E-state index >= 15 is 0 Å². The lowest BCUT2D eigenvalue weighted by molar-refractivity contribution is -0.122. The highest BCUT2D eigenvalue weighted by Gasteiger charge is 2.16. The van der Waals surface area contributed by atoms with E-state index in [2.05, 4.69) is 15.6 Å². The third-order valence-corrected chi connectivity index (χ3v) is 3.45. The van der Waals surface area contributed by atoms with Crippen molar-refractivity contribution in [1.29, 1.82) is 0 Å². The number of nitrogens with zero attached hydrogens (tertiary/aromatic N) is 2. The summed E-state index contributed by atoms with van der Waals surface area (Å²) >= 11 is 0. The molecule has 1 aromatic rings. The van der Waals surface area contributed by atoms with E-state index in [0.29, 0.717) is 25.7 Å². The number of nitrogens with one attached hydrogen (secondary N) is 2. The fraction of sp³-hybridized carbons (Fsp3) is 0.579. The van der Waals surface area contributed by atoms with Crippen LogP contribution in [-0.4, -0.2) is 63.2 Å². The minimum absolute atomic E-state index is 0. The number of benzene rings is 1. The van der Waals surface area contributed by atoms with E-state index in [1.807, 2.05) is 52.1 Å². The molecular weight excluding hydrogens is 459 g/mol. The number of likely N-dealkylation sites (N-methyl/N-ethyl adjacent to an activating group) is 1. The molecule has 154 valence electrons. The molecule has 0 aromatic heterocycles. The van der Waals surface area contributed by atoms with E-state index in [-0.39, 0.29) is 42.0 Å². The smallest absolute Gasteiger partial charge is 0.240 e. The Labute approximate surface area is 179 Å². The highest BCUT2D eigenvalue weighted by atomic mass is 127. The van der Waals surface area contributed by atoms with E-state index in [1.54, 1.807) is 19.1 Å². The van der Waals surface area contributed by atoms with Crippen LogP contribution in [0.4, 0.5) is 0 Å². The zero-order chi connectivity index (χ0) is 19.6. The highest BCUT2D eigenvalue weighted by Crippen LogP contribution is 2.17. The van der Waals surface area contributed by atoms with Crippen LogP contribution in [0.1, 0.15) is 26.3 Å². The third-order valence-electron chi connectivity index (χ3n) is 3.45. The van der Waals surface area contributed by atoms with Crippen LogP contribution in [0, 0.1) is 0 Å². The van der Waals surface area contributed by atoms with Gasteiger partial charge in [0.25, 0.3) is 0 Å². The fourth-order valence-corrected chi connectivity index (χ4v) is 2.37. The van der Waals surface area contributed by atoms with Crippen molar-refractivity contribution in [2.75, 3.05) is 40.9 Å². The second kappa shape index (κ2) is 12.8. The van der Waals surface area contributed by atoms with Crippen molar-refractivity contribution in [3.8, 4) is 5.75 Å². The molecule has 0 radical (unpaired) electrons. The van der Waals surface area contributed by atoms with Crippen molar-refractivity contribution in [3.63, 3.8) is 0 Å². The van der Waals surface area contributed by atoms with Crippen molar-refractivity contribution in [2.24, 2.45) is 4.99 Å². The Morgan fingerprint density at radius 2 is 1.93 bits per heavy atom. The first-order valence-corrected chi connectivity index (χ1v) is 8.69. The number of aliphatic imine (C=N–C) groups is 1. The summed E-state index contributed by atoms with van der Waals surface area (Å²) < 4.78 is 11.0. The highest BCUT2D eigenvalue weighted by molar-refractivity contribution is 14.0. The zero-order valence-corrected chi connectivity index (χ0v) is 19.5. The number of halogens is 1. The van der Waals surface area contributed by atoms with Crippen molar-refractivity contribution in [2.45, 2.75) is 32.9 Å². The van der Waals surface area contributed by atoms with Gasteiger partial charge in [-0.05, 0) is 26.8 Å². The van der Waals surface area contributed by atoms with Crippen LogP contribution in [0.15, 0.2) is 29.3 Å². The molecule has 1 aromatic carbocycles. The van der Waals surface area contributed by atoms with Crippen LogP contribution in [0.3, 0.4) is 0 Å². The largest absolute Gasteiger partial charge is 0.496 e. The maximum absolute atomic E-state index is 12.0. The minimum Gasteiger partial charge on any atom is -0.496 e. The Bertz CT molecular complexity index is 603. The summed E-state index contributed by atoms with van der Waals surface area (Å²) in [5.74, 6) is 1.42. The predicted octanol–water partition coefficient (Wildman–Crippen LogP) is 2.25. The van der Waals surface area contributed by atoms with Crippen LogP contribution in [0.5, 0.6) is 5.75 Å². The van der Waals surface area contributed by atoms with E-state index in [4.69, 9.17) is 9.47 Å². The van der Waals surface area contributed by atoms with Gasteiger partial charge in [0, 0.05) is 31.7 Å². The average molecular weight is 492 g/mol. The molecule has 1 amide bonds. The molecule has 0 aliphatic heterocycles. The molecule has 7 nitrogen and oxygen atoms in total. The molecule has 0 fully saturated rings.